The molecule has 0 aromatic carbocycles. The molecule has 2 aliphatic heterocycles. The maximum Gasteiger partial charge on any atom is 0.142 e. The highest BCUT2D eigenvalue weighted by Crippen LogP contribution is 2.24. The fraction of sp³-hybridized carbons (Fsp3) is 0.538. The summed E-state index contributed by atoms with van der Waals surface area (Å²) in [4.78, 5) is 6.40. The molecule has 2 bridgehead atoms. The number of hydrogen-bond donors (Lipinski definition) is 1. The number of hydrogen-bond acceptors (Lipinski definition) is 4. The fourth-order valence-corrected chi connectivity index (χ4v) is 2.85. The Bertz CT molecular complexity index is 451. The molecule has 2 fully saturated rings. The monoisotopic (exact) mass is 228 g/mol. The van der Waals surface area contributed by atoms with Crippen LogP contribution in [0.3, 0.4) is 0 Å². The van der Waals surface area contributed by atoms with Crippen LogP contribution in [-0.4, -0.2) is 30.2 Å². The van der Waals surface area contributed by atoms with Crippen molar-refractivity contribution in [3.63, 3.8) is 0 Å². The van der Waals surface area contributed by atoms with Crippen molar-refractivity contribution < 1.29 is 0 Å². The van der Waals surface area contributed by atoms with Gasteiger partial charge in [0.15, 0.2) is 0 Å². The Morgan fingerprint density at radius 1 is 1.35 bits per heavy atom. The molecule has 0 amide bonds. The van der Waals surface area contributed by atoms with E-state index in [0.29, 0.717) is 17.8 Å². The van der Waals surface area contributed by atoms with Gasteiger partial charge in [0.2, 0.25) is 0 Å². The Morgan fingerprint density at radius 3 is 3.12 bits per heavy atom. The second-order valence-electron chi connectivity index (χ2n) is 4.88. The van der Waals surface area contributed by atoms with Gasteiger partial charge in [0.1, 0.15) is 11.8 Å². The third kappa shape index (κ3) is 2.11. The molecule has 3 heterocycles. The Labute approximate surface area is 101 Å². The van der Waals surface area contributed by atoms with Crippen molar-refractivity contribution in [1.82, 2.24) is 10.3 Å². The highest BCUT2D eigenvalue weighted by molar-refractivity contribution is 5.49. The summed E-state index contributed by atoms with van der Waals surface area (Å²) < 4.78 is 0. The quantitative estimate of drug-likeness (QED) is 0.786. The van der Waals surface area contributed by atoms with Gasteiger partial charge in [0.05, 0.1) is 0 Å². The molecule has 0 spiro atoms. The van der Waals surface area contributed by atoms with Gasteiger partial charge in [-0.05, 0) is 31.4 Å². The fourth-order valence-electron chi connectivity index (χ4n) is 2.85. The first-order valence-corrected chi connectivity index (χ1v) is 6.22. The maximum atomic E-state index is 8.88. The van der Waals surface area contributed by atoms with E-state index in [1.807, 2.05) is 12.1 Å². The van der Waals surface area contributed by atoms with Crippen molar-refractivity contribution in [1.29, 1.82) is 5.26 Å². The number of rotatable bonds is 1. The predicted octanol–water partition coefficient (Wildman–Crippen LogP) is 1.28. The van der Waals surface area contributed by atoms with Gasteiger partial charge in [0.25, 0.3) is 0 Å². The van der Waals surface area contributed by atoms with Gasteiger partial charge in [-0.15, -0.1) is 0 Å². The summed E-state index contributed by atoms with van der Waals surface area (Å²) in [5.41, 5.74) is 1.63. The molecule has 0 saturated carbocycles. The summed E-state index contributed by atoms with van der Waals surface area (Å²) in [7, 11) is 0. The molecule has 17 heavy (non-hydrogen) atoms. The molecule has 2 atom stereocenters. The summed E-state index contributed by atoms with van der Waals surface area (Å²) in [5, 5.41) is 12.5. The van der Waals surface area contributed by atoms with Crippen LogP contribution in [0.15, 0.2) is 18.3 Å². The number of nitriles is 1. The first kappa shape index (κ1) is 10.5. The van der Waals surface area contributed by atoms with Gasteiger partial charge >= 0.3 is 0 Å². The Kier molecular flexibility index (Phi) is 2.69. The lowest BCUT2D eigenvalue weighted by atomic mass is 10.1. The normalized spacial score (nSPS) is 27.6. The summed E-state index contributed by atoms with van der Waals surface area (Å²) in [6.45, 7) is 2.12. The third-order valence-corrected chi connectivity index (χ3v) is 3.75. The van der Waals surface area contributed by atoms with Crippen LogP contribution in [0.2, 0.25) is 0 Å². The molecule has 0 radical (unpaired) electrons. The van der Waals surface area contributed by atoms with Gasteiger partial charge in [-0.2, -0.15) is 5.26 Å². The SMILES string of the molecule is N#Cc1cc(N2CCC3CCC(C2)N3)ccn1. The minimum absolute atomic E-state index is 0.505. The minimum Gasteiger partial charge on any atom is -0.370 e. The zero-order valence-electron chi connectivity index (χ0n) is 9.76. The van der Waals surface area contributed by atoms with Gasteiger partial charge in [0, 0.05) is 37.1 Å². The van der Waals surface area contributed by atoms with Crippen LogP contribution in [0.25, 0.3) is 0 Å². The molecule has 0 aliphatic carbocycles. The number of fused-ring (bicyclic) bond motifs is 2. The number of aromatic nitrogens is 1. The predicted molar refractivity (Wildman–Crippen MR) is 65.7 cm³/mol. The van der Waals surface area contributed by atoms with Crippen LogP contribution >= 0.6 is 0 Å². The van der Waals surface area contributed by atoms with Crippen molar-refractivity contribution in [2.45, 2.75) is 31.3 Å². The average molecular weight is 228 g/mol. The molecule has 2 saturated heterocycles. The van der Waals surface area contributed by atoms with E-state index in [0.717, 1.165) is 18.8 Å². The number of anilines is 1. The molecule has 2 aliphatic rings. The van der Waals surface area contributed by atoms with Crippen LogP contribution in [-0.2, 0) is 0 Å². The summed E-state index contributed by atoms with van der Waals surface area (Å²) in [6, 6.07) is 7.30. The molecule has 4 nitrogen and oxygen atoms in total. The Hall–Kier alpha value is -1.60. The number of pyridine rings is 1. The van der Waals surface area contributed by atoms with E-state index in [9.17, 15) is 0 Å². The van der Waals surface area contributed by atoms with Crippen LogP contribution < -0.4 is 10.2 Å². The second-order valence-corrected chi connectivity index (χ2v) is 4.88. The van der Waals surface area contributed by atoms with Gasteiger partial charge in [-0.1, -0.05) is 0 Å². The molecular weight excluding hydrogens is 212 g/mol. The first-order chi connectivity index (χ1) is 8.35. The number of nitrogens with zero attached hydrogens (tertiary/aromatic N) is 3. The summed E-state index contributed by atoms with van der Waals surface area (Å²) in [5.74, 6) is 0. The third-order valence-electron chi connectivity index (χ3n) is 3.75. The molecule has 1 N–H and O–H groups in total. The van der Waals surface area contributed by atoms with Crippen LogP contribution in [0.4, 0.5) is 5.69 Å². The van der Waals surface area contributed by atoms with Crippen LogP contribution in [0.5, 0.6) is 0 Å². The van der Waals surface area contributed by atoms with E-state index < -0.39 is 0 Å². The Balaban J connectivity index is 1.81. The van der Waals surface area contributed by atoms with Crippen molar-refractivity contribution in [2.24, 2.45) is 0 Å². The molecule has 3 rings (SSSR count). The lowest BCUT2D eigenvalue weighted by Gasteiger charge is -2.26. The minimum atomic E-state index is 0.505. The summed E-state index contributed by atoms with van der Waals surface area (Å²) >= 11 is 0. The molecule has 1 aromatic rings. The average Bonchev–Trinajstić information content (AvgIpc) is 2.69. The van der Waals surface area contributed by atoms with E-state index in [2.05, 4.69) is 21.3 Å². The highest BCUT2D eigenvalue weighted by atomic mass is 15.2. The molecule has 1 aromatic heterocycles. The van der Waals surface area contributed by atoms with E-state index in [1.54, 1.807) is 6.20 Å². The maximum absolute atomic E-state index is 8.88. The lowest BCUT2D eigenvalue weighted by Crippen LogP contribution is -2.35. The van der Waals surface area contributed by atoms with Gasteiger partial charge < -0.3 is 10.2 Å². The topological polar surface area (TPSA) is 52.0 Å². The Morgan fingerprint density at radius 2 is 2.24 bits per heavy atom. The number of nitrogens with one attached hydrogen (secondary N) is 1. The van der Waals surface area contributed by atoms with Crippen molar-refractivity contribution in [2.75, 3.05) is 18.0 Å². The molecule has 2 unspecified atom stereocenters. The highest BCUT2D eigenvalue weighted by Gasteiger charge is 2.29. The van der Waals surface area contributed by atoms with E-state index in [1.165, 1.54) is 19.3 Å². The zero-order chi connectivity index (χ0) is 11.7. The van der Waals surface area contributed by atoms with Crippen LogP contribution in [0, 0.1) is 11.3 Å². The van der Waals surface area contributed by atoms with Gasteiger partial charge in [-0.3, -0.25) is 0 Å². The largest absolute Gasteiger partial charge is 0.370 e. The summed E-state index contributed by atoms with van der Waals surface area (Å²) in [6.07, 6.45) is 5.51. The lowest BCUT2D eigenvalue weighted by molar-refractivity contribution is 0.563. The zero-order valence-corrected chi connectivity index (χ0v) is 9.76. The van der Waals surface area contributed by atoms with E-state index >= 15 is 0 Å². The van der Waals surface area contributed by atoms with E-state index in [4.69, 9.17) is 5.26 Å². The van der Waals surface area contributed by atoms with Crippen molar-refractivity contribution in [3.8, 4) is 6.07 Å². The first-order valence-electron chi connectivity index (χ1n) is 6.22. The second kappa shape index (κ2) is 4.34. The molecule has 88 valence electrons. The van der Waals surface area contributed by atoms with E-state index in [-0.39, 0.29) is 0 Å². The van der Waals surface area contributed by atoms with Crippen molar-refractivity contribution in [3.05, 3.63) is 24.0 Å². The molecule has 4 heteroatoms. The standard InChI is InChI=1S/C13H16N4/c14-8-12-7-13(3-5-15-12)17-6-4-10-1-2-11(9-17)16-10/h3,5,7,10-11,16H,1-2,4,6,9H2. The van der Waals surface area contributed by atoms with Gasteiger partial charge in [-0.25, -0.2) is 4.98 Å². The molecular formula is C13H16N4. The smallest absolute Gasteiger partial charge is 0.142 e. The van der Waals surface area contributed by atoms with Crippen molar-refractivity contribution >= 4 is 5.69 Å². The van der Waals surface area contributed by atoms with Crippen LogP contribution in [0.1, 0.15) is 25.0 Å².